The predicted molar refractivity (Wildman–Crippen MR) is 67.2 cm³/mol. The van der Waals surface area contributed by atoms with Crippen LogP contribution in [0.5, 0.6) is 0 Å². The Morgan fingerprint density at radius 2 is 1.94 bits per heavy atom. The topological polar surface area (TPSA) is 43.8 Å². The summed E-state index contributed by atoms with van der Waals surface area (Å²) in [6.45, 7) is 0.442. The summed E-state index contributed by atoms with van der Waals surface area (Å²) in [6, 6.07) is 5.24. The van der Waals surface area contributed by atoms with Crippen molar-refractivity contribution >= 4 is 40.6 Å². The van der Waals surface area contributed by atoms with E-state index in [0.29, 0.717) is 27.4 Å². The van der Waals surface area contributed by atoms with Gasteiger partial charge in [0.1, 0.15) is 10.8 Å². The summed E-state index contributed by atoms with van der Waals surface area (Å²) in [7, 11) is 0. The van der Waals surface area contributed by atoms with E-state index in [1.165, 1.54) is 6.20 Å². The van der Waals surface area contributed by atoms with Crippen molar-refractivity contribution in [3.8, 4) is 0 Å². The van der Waals surface area contributed by atoms with Gasteiger partial charge < -0.3 is 5.73 Å². The molecule has 0 radical (unpaired) electrons. The second-order valence-electron chi connectivity index (χ2n) is 3.27. The van der Waals surface area contributed by atoms with Crippen LogP contribution in [0.2, 0.25) is 15.1 Å². The maximum absolute atomic E-state index is 6.03. The fraction of sp³-hybridized carbons (Fsp3) is 0.100. The van der Waals surface area contributed by atoms with Crippen LogP contribution in [0.25, 0.3) is 0 Å². The predicted octanol–water partition coefficient (Wildman–Crippen LogP) is 3.47. The molecule has 2 aromatic rings. The molecule has 0 fully saturated rings. The number of halogens is 3. The van der Waals surface area contributed by atoms with E-state index in [1.807, 2.05) is 0 Å². The first kappa shape index (κ1) is 11.6. The highest BCUT2D eigenvalue weighted by Gasteiger charge is 2.08. The minimum absolute atomic E-state index is 0.415. The van der Waals surface area contributed by atoms with Crippen LogP contribution in [-0.4, -0.2) is 9.78 Å². The van der Waals surface area contributed by atoms with Crippen molar-refractivity contribution in [2.75, 3.05) is 5.73 Å². The van der Waals surface area contributed by atoms with Crippen molar-refractivity contribution in [2.24, 2.45) is 0 Å². The summed E-state index contributed by atoms with van der Waals surface area (Å²) in [4.78, 5) is 0. The lowest BCUT2D eigenvalue weighted by atomic mass is 10.2. The van der Waals surface area contributed by atoms with E-state index < -0.39 is 0 Å². The van der Waals surface area contributed by atoms with Crippen molar-refractivity contribution in [2.45, 2.75) is 6.54 Å². The minimum atomic E-state index is 0.415. The summed E-state index contributed by atoms with van der Waals surface area (Å²) < 4.78 is 1.57. The first-order valence-corrected chi connectivity index (χ1v) is 5.62. The quantitative estimate of drug-likeness (QED) is 0.912. The average Bonchev–Trinajstić information content (AvgIpc) is 2.55. The van der Waals surface area contributed by atoms with Crippen LogP contribution in [0.15, 0.2) is 24.4 Å². The largest absolute Gasteiger partial charge is 0.383 e. The molecule has 0 bridgehead atoms. The number of nitrogens with zero attached hydrogens (tertiary/aromatic N) is 2. The second-order valence-corrected chi connectivity index (χ2v) is 4.52. The molecule has 0 spiro atoms. The fourth-order valence-electron chi connectivity index (χ4n) is 1.32. The molecule has 2 rings (SSSR count). The average molecular weight is 277 g/mol. The van der Waals surface area contributed by atoms with Gasteiger partial charge in [-0.1, -0.05) is 34.8 Å². The molecular weight excluding hydrogens is 268 g/mol. The molecule has 0 aliphatic rings. The molecular formula is C10H8Cl3N3. The van der Waals surface area contributed by atoms with E-state index in [1.54, 1.807) is 22.9 Å². The molecule has 0 amide bonds. The van der Waals surface area contributed by atoms with Crippen LogP contribution in [0.4, 0.5) is 5.82 Å². The van der Waals surface area contributed by atoms with Crippen LogP contribution in [-0.2, 0) is 6.54 Å². The Balaban J connectivity index is 2.33. The van der Waals surface area contributed by atoms with Crippen LogP contribution >= 0.6 is 34.8 Å². The van der Waals surface area contributed by atoms with E-state index in [-0.39, 0.29) is 0 Å². The number of nitrogen functional groups attached to an aromatic ring is 1. The number of hydrogen-bond donors (Lipinski definition) is 1. The third-order valence-electron chi connectivity index (χ3n) is 2.16. The Hall–Kier alpha value is -0.900. The highest BCUT2D eigenvalue weighted by atomic mass is 35.5. The number of rotatable bonds is 2. The number of aromatic nitrogens is 2. The molecule has 16 heavy (non-hydrogen) atoms. The smallest absolute Gasteiger partial charge is 0.140 e. The lowest BCUT2D eigenvalue weighted by molar-refractivity contribution is 0.697. The Morgan fingerprint density at radius 1 is 1.19 bits per heavy atom. The second kappa shape index (κ2) is 4.53. The maximum atomic E-state index is 6.03. The third-order valence-corrected chi connectivity index (χ3v) is 3.06. The molecule has 2 N–H and O–H groups in total. The zero-order valence-electron chi connectivity index (χ0n) is 8.12. The summed E-state index contributed by atoms with van der Waals surface area (Å²) in [5.41, 5.74) is 6.58. The Labute approximate surface area is 108 Å². The Bertz CT molecular complexity index is 522. The third kappa shape index (κ3) is 2.26. The molecule has 1 heterocycles. The van der Waals surface area contributed by atoms with Gasteiger partial charge in [-0.2, -0.15) is 5.10 Å². The zero-order chi connectivity index (χ0) is 11.7. The van der Waals surface area contributed by atoms with Crippen molar-refractivity contribution in [3.05, 3.63) is 45.0 Å². The van der Waals surface area contributed by atoms with Crippen LogP contribution in [0.1, 0.15) is 5.56 Å². The molecule has 0 unspecified atom stereocenters. The maximum Gasteiger partial charge on any atom is 0.140 e. The van der Waals surface area contributed by atoms with E-state index in [2.05, 4.69) is 5.10 Å². The van der Waals surface area contributed by atoms with Crippen molar-refractivity contribution in [1.82, 2.24) is 9.78 Å². The molecule has 1 aromatic carbocycles. The van der Waals surface area contributed by atoms with Crippen molar-refractivity contribution in [3.63, 3.8) is 0 Å². The SMILES string of the molecule is Nc1c(Cl)cnn1Cc1cc(Cl)ccc1Cl. The molecule has 0 aliphatic heterocycles. The summed E-state index contributed by atoms with van der Waals surface area (Å²) >= 11 is 17.7. The lowest BCUT2D eigenvalue weighted by Crippen LogP contribution is -2.06. The molecule has 84 valence electrons. The van der Waals surface area contributed by atoms with Gasteiger partial charge in [0, 0.05) is 10.0 Å². The fourth-order valence-corrected chi connectivity index (χ4v) is 1.84. The minimum Gasteiger partial charge on any atom is -0.383 e. The van der Waals surface area contributed by atoms with Crippen LogP contribution in [0, 0.1) is 0 Å². The molecule has 0 atom stereocenters. The summed E-state index contributed by atoms with van der Waals surface area (Å²) in [5, 5.41) is 5.71. The first-order chi connectivity index (χ1) is 7.58. The monoisotopic (exact) mass is 275 g/mol. The van der Waals surface area contributed by atoms with Crippen molar-refractivity contribution < 1.29 is 0 Å². The van der Waals surface area contributed by atoms with Gasteiger partial charge in [0.2, 0.25) is 0 Å². The van der Waals surface area contributed by atoms with Gasteiger partial charge in [-0.25, -0.2) is 4.68 Å². The molecule has 0 saturated carbocycles. The van der Waals surface area contributed by atoms with E-state index in [0.717, 1.165) is 5.56 Å². The van der Waals surface area contributed by atoms with Gasteiger partial charge in [0.05, 0.1) is 12.7 Å². The number of benzene rings is 1. The van der Waals surface area contributed by atoms with Crippen molar-refractivity contribution in [1.29, 1.82) is 0 Å². The van der Waals surface area contributed by atoms with Gasteiger partial charge >= 0.3 is 0 Å². The van der Waals surface area contributed by atoms with Crippen LogP contribution < -0.4 is 5.73 Å². The molecule has 0 aliphatic carbocycles. The summed E-state index contributed by atoms with van der Waals surface area (Å²) in [5.74, 6) is 0.415. The van der Waals surface area contributed by atoms with E-state index in [4.69, 9.17) is 40.5 Å². The van der Waals surface area contributed by atoms with Gasteiger partial charge in [-0.3, -0.25) is 0 Å². The number of anilines is 1. The van der Waals surface area contributed by atoms with Gasteiger partial charge in [-0.15, -0.1) is 0 Å². The van der Waals surface area contributed by atoms with E-state index in [9.17, 15) is 0 Å². The zero-order valence-corrected chi connectivity index (χ0v) is 10.4. The van der Waals surface area contributed by atoms with E-state index >= 15 is 0 Å². The Kier molecular flexibility index (Phi) is 3.28. The molecule has 1 aromatic heterocycles. The lowest BCUT2D eigenvalue weighted by Gasteiger charge is -2.06. The molecule has 0 saturated heterocycles. The number of nitrogens with two attached hydrogens (primary N) is 1. The normalized spacial score (nSPS) is 10.7. The number of hydrogen-bond acceptors (Lipinski definition) is 2. The molecule has 3 nitrogen and oxygen atoms in total. The highest BCUT2D eigenvalue weighted by Crippen LogP contribution is 2.24. The summed E-state index contributed by atoms with van der Waals surface area (Å²) in [6.07, 6.45) is 1.50. The first-order valence-electron chi connectivity index (χ1n) is 4.48. The van der Waals surface area contributed by atoms with Gasteiger partial charge in [0.25, 0.3) is 0 Å². The van der Waals surface area contributed by atoms with Gasteiger partial charge in [0.15, 0.2) is 0 Å². The van der Waals surface area contributed by atoms with Crippen LogP contribution in [0.3, 0.4) is 0 Å². The molecule has 6 heteroatoms. The standard InChI is InChI=1S/C10H8Cl3N3/c11-7-1-2-8(12)6(3-7)5-16-10(14)9(13)4-15-16/h1-4H,5,14H2. The Morgan fingerprint density at radius 3 is 2.56 bits per heavy atom. The van der Waals surface area contributed by atoms with Gasteiger partial charge in [-0.05, 0) is 23.8 Å². The highest BCUT2D eigenvalue weighted by molar-refractivity contribution is 6.33.